The molecule has 0 atom stereocenters. The number of benzene rings is 1. The maximum atomic E-state index is 12.2. The molecule has 1 N–H and O–H groups in total. The lowest BCUT2D eigenvalue weighted by atomic mass is 10.1. The van der Waals surface area contributed by atoms with Gasteiger partial charge >= 0.3 is 5.76 Å². The summed E-state index contributed by atoms with van der Waals surface area (Å²) >= 11 is 1.29. The number of hydrogen-bond donors (Lipinski definition) is 1. The van der Waals surface area contributed by atoms with Crippen molar-refractivity contribution in [3.05, 3.63) is 39.3 Å². The maximum Gasteiger partial charge on any atom is 0.420 e. The van der Waals surface area contributed by atoms with Gasteiger partial charge in [0.15, 0.2) is 11.4 Å². The molecule has 1 aromatic carbocycles. The first-order chi connectivity index (χ1) is 11.8. The Morgan fingerprint density at radius 3 is 2.72 bits per heavy atom. The number of ketones is 1. The van der Waals surface area contributed by atoms with Crippen LogP contribution >= 0.6 is 11.3 Å². The number of fused-ring (bicyclic) bond motifs is 1. The molecule has 2 heterocycles. The van der Waals surface area contributed by atoms with E-state index in [9.17, 15) is 14.4 Å². The van der Waals surface area contributed by atoms with Crippen molar-refractivity contribution >= 4 is 39.3 Å². The van der Waals surface area contributed by atoms with Gasteiger partial charge < -0.3 is 4.42 Å². The fourth-order valence-electron chi connectivity index (χ4n) is 2.26. The summed E-state index contributed by atoms with van der Waals surface area (Å²) < 4.78 is 6.33. The number of carbonyl (C=O) groups excluding carboxylic acids is 2. The average molecular weight is 360 g/mol. The molecule has 3 rings (SSSR count). The molecule has 1 amide bonds. The summed E-state index contributed by atoms with van der Waals surface area (Å²) in [6.45, 7) is 5.18. The molecule has 0 aliphatic carbocycles. The summed E-state index contributed by atoms with van der Waals surface area (Å²) in [6.07, 6.45) is 0. The first-order valence-electron chi connectivity index (χ1n) is 7.62. The molecule has 8 nitrogen and oxygen atoms in total. The quantitative estimate of drug-likeness (QED) is 0.700. The Hall–Kier alpha value is -2.81. The minimum absolute atomic E-state index is 0.132. The molecule has 2 aromatic heterocycles. The van der Waals surface area contributed by atoms with Crippen LogP contribution in [0, 0.1) is 0 Å². The number of aromatic nitrogens is 3. The standard InChI is InChI=1S/C16H16N4O4S/c1-8(2)14-18-19-15(25-14)17-13(22)7-20-11-5-4-10(9(3)21)6-12(11)24-16(20)23/h4-6,8H,7H2,1-3H3,(H,17,19,22). The zero-order chi connectivity index (χ0) is 18.1. The molecule has 9 heteroatoms. The third-order valence-electron chi connectivity index (χ3n) is 3.56. The molecule has 0 aliphatic rings. The summed E-state index contributed by atoms with van der Waals surface area (Å²) in [6, 6.07) is 4.67. The lowest BCUT2D eigenvalue weighted by molar-refractivity contribution is -0.116. The summed E-state index contributed by atoms with van der Waals surface area (Å²) in [5.74, 6) is -0.982. The van der Waals surface area contributed by atoms with E-state index in [1.54, 1.807) is 12.1 Å². The smallest absolute Gasteiger partial charge is 0.408 e. The molecule has 0 spiro atoms. The third kappa shape index (κ3) is 3.50. The summed E-state index contributed by atoms with van der Waals surface area (Å²) in [5, 5.41) is 11.7. The van der Waals surface area contributed by atoms with E-state index in [0.717, 1.165) is 5.01 Å². The number of oxazole rings is 1. The molecule has 0 bridgehead atoms. The number of nitrogens with zero attached hydrogens (tertiary/aromatic N) is 3. The number of hydrogen-bond acceptors (Lipinski definition) is 7. The van der Waals surface area contributed by atoms with Gasteiger partial charge in [-0.05, 0) is 25.1 Å². The molecular formula is C16H16N4O4S. The SMILES string of the molecule is CC(=O)c1ccc2c(c1)oc(=O)n2CC(=O)Nc1nnc(C(C)C)s1. The van der Waals surface area contributed by atoms with Gasteiger partial charge in [-0.15, -0.1) is 10.2 Å². The molecule has 3 aromatic rings. The van der Waals surface area contributed by atoms with Gasteiger partial charge in [-0.3, -0.25) is 19.5 Å². The summed E-state index contributed by atoms with van der Waals surface area (Å²) in [7, 11) is 0. The molecule has 130 valence electrons. The van der Waals surface area contributed by atoms with E-state index in [-0.39, 0.29) is 23.8 Å². The topological polar surface area (TPSA) is 107 Å². The van der Waals surface area contributed by atoms with E-state index in [0.29, 0.717) is 16.2 Å². The molecular weight excluding hydrogens is 344 g/mol. The van der Waals surface area contributed by atoms with Crippen molar-refractivity contribution in [2.24, 2.45) is 0 Å². The third-order valence-corrected chi connectivity index (χ3v) is 4.70. The van der Waals surface area contributed by atoms with Crippen LogP contribution in [0.5, 0.6) is 0 Å². The Morgan fingerprint density at radius 2 is 2.08 bits per heavy atom. The lowest BCUT2D eigenvalue weighted by Crippen LogP contribution is -2.24. The molecule has 0 fully saturated rings. The van der Waals surface area contributed by atoms with Crippen LogP contribution in [0.2, 0.25) is 0 Å². The van der Waals surface area contributed by atoms with Crippen LogP contribution < -0.4 is 11.1 Å². The van der Waals surface area contributed by atoms with Gasteiger partial charge in [-0.25, -0.2) is 4.79 Å². The van der Waals surface area contributed by atoms with Crippen molar-refractivity contribution in [3.8, 4) is 0 Å². The number of amides is 1. The first-order valence-corrected chi connectivity index (χ1v) is 8.44. The fraction of sp³-hybridized carbons (Fsp3) is 0.312. The number of anilines is 1. The highest BCUT2D eigenvalue weighted by atomic mass is 32.1. The normalized spacial score (nSPS) is 11.2. The van der Waals surface area contributed by atoms with Crippen molar-refractivity contribution in [2.45, 2.75) is 33.2 Å². The first kappa shape index (κ1) is 17.0. The number of carbonyl (C=O) groups is 2. The fourth-order valence-corrected chi connectivity index (χ4v) is 3.02. The van der Waals surface area contributed by atoms with E-state index >= 15 is 0 Å². The Bertz CT molecular complexity index is 1010. The van der Waals surface area contributed by atoms with Crippen LogP contribution in [-0.4, -0.2) is 26.5 Å². The second-order valence-corrected chi connectivity index (χ2v) is 6.85. The molecule has 0 radical (unpaired) electrons. The predicted octanol–water partition coefficient (Wildman–Crippen LogP) is 2.41. The van der Waals surface area contributed by atoms with E-state index < -0.39 is 11.7 Å². The Kier molecular flexibility index (Phi) is 4.49. The van der Waals surface area contributed by atoms with Crippen LogP contribution in [0.3, 0.4) is 0 Å². The van der Waals surface area contributed by atoms with Crippen molar-refractivity contribution in [2.75, 3.05) is 5.32 Å². The van der Waals surface area contributed by atoms with Crippen molar-refractivity contribution in [1.82, 2.24) is 14.8 Å². The highest BCUT2D eigenvalue weighted by molar-refractivity contribution is 7.15. The zero-order valence-corrected chi connectivity index (χ0v) is 14.7. The van der Waals surface area contributed by atoms with E-state index in [1.165, 1.54) is 28.9 Å². The summed E-state index contributed by atoms with van der Waals surface area (Å²) in [5.41, 5.74) is 1.15. The number of rotatable bonds is 5. The van der Waals surface area contributed by atoms with Gasteiger partial charge in [0.2, 0.25) is 11.0 Å². The van der Waals surface area contributed by atoms with Gasteiger partial charge in [0.1, 0.15) is 11.6 Å². The molecule has 25 heavy (non-hydrogen) atoms. The molecule has 0 saturated heterocycles. The summed E-state index contributed by atoms with van der Waals surface area (Å²) in [4.78, 5) is 35.6. The monoisotopic (exact) mass is 360 g/mol. The minimum Gasteiger partial charge on any atom is -0.408 e. The van der Waals surface area contributed by atoms with Crippen LogP contribution in [0.4, 0.5) is 5.13 Å². The van der Waals surface area contributed by atoms with Crippen LogP contribution in [0.15, 0.2) is 27.4 Å². The number of nitrogens with one attached hydrogen (secondary N) is 1. The van der Waals surface area contributed by atoms with Gasteiger partial charge in [0, 0.05) is 11.5 Å². The zero-order valence-electron chi connectivity index (χ0n) is 13.9. The second-order valence-electron chi connectivity index (χ2n) is 5.84. The second kappa shape index (κ2) is 6.60. The van der Waals surface area contributed by atoms with E-state index in [2.05, 4.69) is 15.5 Å². The van der Waals surface area contributed by atoms with Gasteiger partial charge in [-0.2, -0.15) is 0 Å². The minimum atomic E-state index is -0.661. The molecule has 0 unspecified atom stereocenters. The lowest BCUT2D eigenvalue weighted by Gasteiger charge is -2.02. The van der Waals surface area contributed by atoms with Crippen LogP contribution in [-0.2, 0) is 11.3 Å². The average Bonchev–Trinajstić information content (AvgIpc) is 3.12. The predicted molar refractivity (Wildman–Crippen MR) is 93.1 cm³/mol. The van der Waals surface area contributed by atoms with Crippen molar-refractivity contribution in [1.29, 1.82) is 0 Å². The van der Waals surface area contributed by atoms with E-state index in [1.807, 2.05) is 13.8 Å². The largest absolute Gasteiger partial charge is 0.420 e. The van der Waals surface area contributed by atoms with Gasteiger partial charge in [0.25, 0.3) is 0 Å². The van der Waals surface area contributed by atoms with Crippen molar-refractivity contribution < 1.29 is 14.0 Å². The van der Waals surface area contributed by atoms with Gasteiger partial charge in [-0.1, -0.05) is 25.2 Å². The molecule has 0 aliphatic heterocycles. The highest BCUT2D eigenvalue weighted by Crippen LogP contribution is 2.22. The Balaban J connectivity index is 1.82. The maximum absolute atomic E-state index is 12.2. The van der Waals surface area contributed by atoms with Crippen LogP contribution in [0.1, 0.15) is 42.1 Å². The van der Waals surface area contributed by atoms with Gasteiger partial charge in [0.05, 0.1) is 5.52 Å². The Labute approximate surface area is 146 Å². The highest BCUT2D eigenvalue weighted by Gasteiger charge is 2.16. The van der Waals surface area contributed by atoms with E-state index in [4.69, 9.17) is 4.42 Å². The Morgan fingerprint density at radius 1 is 1.32 bits per heavy atom. The molecule has 0 saturated carbocycles. The number of Topliss-reactive ketones (excluding diaryl/α,β-unsaturated/α-hetero) is 1. The van der Waals surface area contributed by atoms with Crippen LogP contribution in [0.25, 0.3) is 11.1 Å². The van der Waals surface area contributed by atoms with Crippen molar-refractivity contribution in [3.63, 3.8) is 0 Å².